The minimum atomic E-state index is 0.716. The first-order chi connectivity index (χ1) is 9.28. The summed E-state index contributed by atoms with van der Waals surface area (Å²) in [6, 6.07) is 13.8. The first-order valence-corrected chi connectivity index (χ1v) is 6.23. The summed E-state index contributed by atoms with van der Waals surface area (Å²) in [5.74, 6) is 0. The quantitative estimate of drug-likeness (QED) is 0.669. The second kappa shape index (κ2) is 4.69. The van der Waals surface area contributed by atoms with Gasteiger partial charge >= 0.3 is 0 Å². The van der Waals surface area contributed by atoms with Gasteiger partial charge in [-0.1, -0.05) is 18.2 Å². The minimum Gasteiger partial charge on any atom is -0.341 e. The Bertz CT molecular complexity index is 743. The number of carbonyl (C=O) groups excluding carboxylic acids is 1. The third kappa shape index (κ3) is 2.15. The van der Waals surface area contributed by atoms with E-state index in [2.05, 4.69) is 9.55 Å². The number of benzene rings is 1. The van der Waals surface area contributed by atoms with Crippen molar-refractivity contribution >= 4 is 17.2 Å². The molecule has 0 fully saturated rings. The molecular weight excluding hydrogens is 236 g/mol. The van der Waals surface area contributed by atoms with Crippen molar-refractivity contribution < 1.29 is 4.79 Å². The molecule has 19 heavy (non-hydrogen) atoms. The molecule has 2 heterocycles. The maximum absolute atomic E-state index is 11.0. The minimum absolute atomic E-state index is 0.716. The van der Waals surface area contributed by atoms with Crippen molar-refractivity contribution in [1.82, 2.24) is 9.55 Å². The molecule has 3 aromatic rings. The molecule has 0 bridgehead atoms. The van der Waals surface area contributed by atoms with E-state index in [-0.39, 0.29) is 0 Å². The van der Waals surface area contributed by atoms with E-state index in [1.807, 2.05) is 55.6 Å². The topological polar surface area (TPSA) is 34.9 Å². The lowest BCUT2D eigenvalue weighted by molar-refractivity contribution is 0.112. The van der Waals surface area contributed by atoms with Crippen LogP contribution in [-0.4, -0.2) is 15.8 Å². The summed E-state index contributed by atoms with van der Waals surface area (Å²) in [7, 11) is 0. The van der Waals surface area contributed by atoms with Gasteiger partial charge < -0.3 is 4.57 Å². The molecule has 3 heteroatoms. The molecular formula is C16H14N2O. The van der Waals surface area contributed by atoms with Crippen LogP contribution in [0.15, 0.2) is 48.7 Å². The van der Waals surface area contributed by atoms with Crippen molar-refractivity contribution in [3.8, 4) is 0 Å². The highest BCUT2D eigenvalue weighted by Gasteiger charge is 2.05. The van der Waals surface area contributed by atoms with E-state index < -0.39 is 0 Å². The summed E-state index contributed by atoms with van der Waals surface area (Å²) in [4.78, 5) is 15.5. The van der Waals surface area contributed by atoms with E-state index in [1.54, 1.807) is 0 Å². The van der Waals surface area contributed by atoms with Crippen molar-refractivity contribution in [3.05, 3.63) is 65.6 Å². The van der Waals surface area contributed by atoms with Gasteiger partial charge in [0, 0.05) is 28.4 Å². The van der Waals surface area contributed by atoms with Gasteiger partial charge in [-0.05, 0) is 31.2 Å². The van der Waals surface area contributed by atoms with Crippen molar-refractivity contribution in [2.45, 2.75) is 13.5 Å². The van der Waals surface area contributed by atoms with Crippen molar-refractivity contribution in [3.63, 3.8) is 0 Å². The fraction of sp³-hybridized carbons (Fsp3) is 0.125. The van der Waals surface area contributed by atoms with Crippen molar-refractivity contribution in [2.24, 2.45) is 0 Å². The number of aldehydes is 1. The summed E-state index contributed by atoms with van der Waals surface area (Å²) in [5, 5.41) is 0.991. The Kier molecular flexibility index (Phi) is 2.88. The van der Waals surface area contributed by atoms with Gasteiger partial charge in [-0.25, -0.2) is 0 Å². The monoisotopic (exact) mass is 250 g/mol. The van der Waals surface area contributed by atoms with Crippen LogP contribution in [0.3, 0.4) is 0 Å². The molecule has 0 amide bonds. The Labute approximate surface area is 111 Å². The Morgan fingerprint density at radius 3 is 2.79 bits per heavy atom. The largest absolute Gasteiger partial charge is 0.341 e. The molecule has 1 aromatic carbocycles. The van der Waals surface area contributed by atoms with Gasteiger partial charge in [0.15, 0.2) is 6.29 Å². The predicted octanol–water partition coefficient (Wildman–Crippen LogP) is 3.21. The molecule has 3 nitrogen and oxygen atoms in total. The van der Waals surface area contributed by atoms with Gasteiger partial charge in [0.25, 0.3) is 0 Å². The molecule has 0 N–H and O–H groups in total. The molecule has 0 atom stereocenters. The van der Waals surface area contributed by atoms with Crippen molar-refractivity contribution in [1.29, 1.82) is 0 Å². The van der Waals surface area contributed by atoms with Gasteiger partial charge in [-0.15, -0.1) is 0 Å². The van der Waals surface area contributed by atoms with Crippen LogP contribution in [0.1, 0.15) is 21.7 Å². The number of hydrogen-bond acceptors (Lipinski definition) is 2. The van der Waals surface area contributed by atoms with Crippen molar-refractivity contribution in [2.75, 3.05) is 0 Å². The molecule has 0 saturated carbocycles. The van der Waals surface area contributed by atoms with Crippen LogP contribution in [0.25, 0.3) is 10.9 Å². The number of pyridine rings is 1. The number of carbonyl (C=O) groups is 1. The van der Waals surface area contributed by atoms with E-state index in [0.717, 1.165) is 34.1 Å². The highest BCUT2D eigenvalue weighted by Crippen LogP contribution is 2.19. The van der Waals surface area contributed by atoms with Crippen LogP contribution in [0.5, 0.6) is 0 Å². The molecule has 0 spiro atoms. The summed E-state index contributed by atoms with van der Waals surface area (Å²) in [5.41, 5.74) is 3.83. The summed E-state index contributed by atoms with van der Waals surface area (Å²) in [6.45, 7) is 2.70. The highest BCUT2D eigenvalue weighted by molar-refractivity contribution is 5.97. The van der Waals surface area contributed by atoms with Crippen LogP contribution in [-0.2, 0) is 6.54 Å². The first-order valence-electron chi connectivity index (χ1n) is 6.23. The Balaban J connectivity index is 2.04. The second-order valence-electron chi connectivity index (χ2n) is 4.61. The van der Waals surface area contributed by atoms with E-state index in [9.17, 15) is 4.79 Å². The lowest BCUT2D eigenvalue weighted by atomic mass is 10.1. The van der Waals surface area contributed by atoms with E-state index in [1.165, 1.54) is 0 Å². The molecule has 0 unspecified atom stereocenters. The van der Waals surface area contributed by atoms with Gasteiger partial charge in [-0.3, -0.25) is 9.78 Å². The summed E-state index contributed by atoms with van der Waals surface area (Å²) in [6.07, 6.45) is 2.90. The SMILES string of the molecule is Cc1cccc(Cn2ccc3c(C=O)cccc32)n1. The van der Waals surface area contributed by atoms with Gasteiger partial charge in [-0.2, -0.15) is 0 Å². The van der Waals surface area contributed by atoms with E-state index in [0.29, 0.717) is 6.54 Å². The normalized spacial score (nSPS) is 10.8. The van der Waals surface area contributed by atoms with E-state index >= 15 is 0 Å². The fourth-order valence-corrected chi connectivity index (χ4v) is 2.35. The first kappa shape index (κ1) is 11.7. The Morgan fingerprint density at radius 1 is 1.16 bits per heavy atom. The van der Waals surface area contributed by atoms with Crippen LogP contribution >= 0.6 is 0 Å². The van der Waals surface area contributed by atoms with Crippen LogP contribution in [0.2, 0.25) is 0 Å². The zero-order valence-corrected chi connectivity index (χ0v) is 10.7. The highest BCUT2D eigenvalue weighted by atomic mass is 16.1. The molecule has 2 aromatic heterocycles. The van der Waals surface area contributed by atoms with Crippen LogP contribution < -0.4 is 0 Å². The number of fused-ring (bicyclic) bond motifs is 1. The molecule has 0 aliphatic rings. The number of hydrogen-bond donors (Lipinski definition) is 0. The Hall–Kier alpha value is -2.42. The molecule has 0 aliphatic heterocycles. The Morgan fingerprint density at radius 2 is 2.00 bits per heavy atom. The van der Waals surface area contributed by atoms with Gasteiger partial charge in [0.2, 0.25) is 0 Å². The summed E-state index contributed by atoms with van der Waals surface area (Å²) >= 11 is 0. The average molecular weight is 250 g/mol. The standard InChI is InChI=1S/C16H14N2O/c1-12-4-2-6-14(17-12)10-18-9-8-15-13(11-19)5-3-7-16(15)18/h2-9,11H,10H2,1H3. The van der Waals surface area contributed by atoms with E-state index in [4.69, 9.17) is 0 Å². The molecule has 0 radical (unpaired) electrons. The maximum atomic E-state index is 11.0. The molecule has 3 rings (SSSR count). The van der Waals surface area contributed by atoms with Gasteiger partial charge in [0.05, 0.1) is 12.2 Å². The lowest BCUT2D eigenvalue weighted by Crippen LogP contribution is -2.01. The van der Waals surface area contributed by atoms with Gasteiger partial charge in [0.1, 0.15) is 0 Å². The average Bonchev–Trinajstić information content (AvgIpc) is 2.82. The molecule has 94 valence electrons. The number of aryl methyl sites for hydroxylation is 1. The molecule has 0 aliphatic carbocycles. The third-order valence-electron chi connectivity index (χ3n) is 3.25. The van der Waals surface area contributed by atoms with Crippen LogP contribution in [0, 0.1) is 6.92 Å². The predicted molar refractivity (Wildman–Crippen MR) is 75.4 cm³/mol. The fourth-order valence-electron chi connectivity index (χ4n) is 2.35. The lowest BCUT2D eigenvalue weighted by Gasteiger charge is -2.06. The number of nitrogens with zero attached hydrogens (tertiary/aromatic N) is 2. The molecule has 0 saturated heterocycles. The third-order valence-corrected chi connectivity index (χ3v) is 3.25. The number of rotatable bonds is 3. The smallest absolute Gasteiger partial charge is 0.150 e. The zero-order chi connectivity index (χ0) is 13.2. The zero-order valence-electron chi connectivity index (χ0n) is 10.7. The summed E-state index contributed by atoms with van der Waals surface area (Å²) < 4.78 is 2.12. The van der Waals surface area contributed by atoms with Crippen LogP contribution in [0.4, 0.5) is 0 Å². The second-order valence-corrected chi connectivity index (χ2v) is 4.61. The number of aromatic nitrogens is 2. The maximum Gasteiger partial charge on any atom is 0.150 e.